The number of tetrazole rings is 1. The van der Waals surface area contributed by atoms with Gasteiger partial charge in [-0.3, -0.25) is 0 Å². The summed E-state index contributed by atoms with van der Waals surface area (Å²) in [6, 6.07) is 9.80. The Hall–Kier alpha value is -2.96. The zero-order valence-electron chi connectivity index (χ0n) is 11.3. The maximum absolute atomic E-state index is 14.1. The van der Waals surface area contributed by atoms with E-state index in [0.717, 1.165) is 5.56 Å². The number of anilines is 2. The maximum atomic E-state index is 14.1. The summed E-state index contributed by atoms with van der Waals surface area (Å²) in [6.45, 7) is 1.79. The average Bonchev–Trinajstić information content (AvgIpc) is 2.86. The fraction of sp³-hybridized carbons (Fsp3) is 0.0714. The van der Waals surface area contributed by atoms with Gasteiger partial charge in [0.2, 0.25) is 0 Å². The molecule has 21 heavy (non-hydrogen) atoms. The summed E-state index contributed by atoms with van der Waals surface area (Å²) < 4.78 is 15.4. The molecule has 0 atom stereocenters. The van der Waals surface area contributed by atoms with Crippen molar-refractivity contribution in [2.45, 2.75) is 6.92 Å². The van der Waals surface area contributed by atoms with E-state index in [2.05, 4.69) is 15.5 Å². The van der Waals surface area contributed by atoms with Gasteiger partial charge in [0.25, 0.3) is 0 Å². The lowest BCUT2D eigenvalue weighted by Crippen LogP contribution is -2.05. The second kappa shape index (κ2) is 4.86. The standard InChI is InChI=1S/C14H13FN6/c1-8-3-2-4-12(15)13(8)21-14(18-19-20-21)9-5-10(16)7-11(17)6-9/h2-7H,16-17H2,1H3. The number of halogens is 1. The van der Waals surface area contributed by atoms with Crippen LogP contribution >= 0.6 is 0 Å². The van der Waals surface area contributed by atoms with Gasteiger partial charge in [0.05, 0.1) is 0 Å². The van der Waals surface area contributed by atoms with Crippen molar-refractivity contribution in [3.05, 3.63) is 47.8 Å². The zero-order chi connectivity index (χ0) is 15.0. The second-order valence-electron chi connectivity index (χ2n) is 4.71. The van der Waals surface area contributed by atoms with E-state index in [9.17, 15) is 4.39 Å². The van der Waals surface area contributed by atoms with Crippen molar-refractivity contribution >= 4 is 11.4 Å². The predicted molar refractivity (Wildman–Crippen MR) is 78.1 cm³/mol. The number of hydrogen-bond acceptors (Lipinski definition) is 5. The van der Waals surface area contributed by atoms with Crippen LogP contribution in [0.2, 0.25) is 0 Å². The van der Waals surface area contributed by atoms with Gasteiger partial charge in [-0.05, 0) is 47.2 Å². The Labute approximate surface area is 120 Å². The summed E-state index contributed by atoms with van der Waals surface area (Å²) in [6.07, 6.45) is 0. The highest BCUT2D eigenvalue weighted by Crippen LogP contribution is 2.26. The van der Waals surface area contributed by atoms with Crippen LogP contribution in [0.3, 0.4) is 0 Å². The minimum absolute atomic E-state index is 0.304. The highest BCUT2D eigenvalue weighted by Gasteiger charge is 2.16. The van der Waals surface area contributed by atoms with Crippen LogP contribution < -0.4 is 11.5 Å². The third kappa shape index (κ3) is 2.29. The predicted octanol–water partition coefficient (Wildman–Crippen LogP) is 1.94. The van der Waals surface area contributed by atoms with E-state index in [1.54, 1.807) is 37.3 Å². The highest BCUT2D eigenvalue weighted by molar-refractivity contribution is 5.69. The quantitative estimate of drug-likeness (QED) is 0.701. The van der Waals surface area contributed by atoms with Crippen molar-refractivity contribution in [1.82, 2.24) is 20.2 Å². The molecule has 0 radical (unpaired) electrons. The summed E-state index contributed by atoms with van der Waals surface area (Å²) in [5.74, 6) is -0.0253. The first-order valence-electron chi connectivity index (χ1n) is 6.26. The third-order valence-corrected chi connectivity index (χ3v) is 3.11. The smallest absolute Gasteiger partial charge is 0.187 e. The Bertz CT molecular complexity index is 770. The van der Waals surface area contributed by atoms with Gasteiger partial charge in [-0.2, -0.15) is 4.68 Å². The first-order chi connectivity index (χ1) is 10.1. The van der Waals surface area contributed by atoms with Crippen molar-refractivity contribution in [1.29, 1.82) is 0 Å². The molecule has 7 heteroatoms. The molecule has 0 aliphatic heterocycles. The molecule has 4 N–H and O–H groups in total. The van der Waals surface area contributed by atoms with Gasteiger partial charge in [0.1, 0.15) is 11.5 Å². The van der Waals surface area contributed by atoms with Gasteiger partial charge >= 0.3 is 0 Å². The Morgan fingerprint density at radius 2 is 1.81 bits per heavy atom. The molecule has 0 bridgehead atoms. The van der Waals surface area contributed by atoms with Gasteiger partial charge in [-0.15, -0.1) is 5.10 Å². The largest absolute Gasteiger partial charge is 0.399 e. The van der Waals surface area contributed by atoms with Crippen molar-refractivity contribution in [2.75, 3.05) is 11.5 Å². The molecule has 6 nitrogen and oxygen atoms in total. The first kappa shape index (κ1) is 13.0. The molecule has 3 rings (SSSR count). The molecule has 1 heterocycles. The molecular formula is C14H13FN6. The molecule has 0 aliphatic rings. The number of nitrogens with two attached hydrogens (primary N) is 2. The number of hydrogen-bond donors (Lipinski definition) is 2. The summed E-state index contributed by atoms with van der Waals surface area (Å²) in [7, 11) is 0. The Balaban J connectivity index is 2.22. The first-order valence-corrected chi connectivity index (χ1v) is 6.26. The number of para-hydroxylation sites is 1. The lowest BCUT2D eigenvalue weighted by Gasteiger charge is -2.09. The molecule has 0 amide bonds. The van der Waals surface area contributed by atoms with Crippen LogP contribution in [0.4, 0.5) is 15.8 Å². The van der Waals surface area contributed by atoms with Crippen molar-refractivity contribution in [3.8, 4) is 17.1 Å². The van der Waals surface area contributed by atoms with E-state index in [1.165, 1.54) is 10.7 Å². The van der Waals surface area contributed by atoms with Crippen LogP contribution in [0.15, 0.2) is 36.4 Å². The molecule has 2 aromatic carbocycles. The van der Waals surface area contributed by atoms with Crippen LogP contribution in [0.1, 0.15) is 5.56 Å². The molecule has 0 fully saturated rings. The van der Waals surface area contributed by atoms with E-state index in [-0.39, 0.29) is 0 Å². The molecule has 3 aromatic rings. The topological polar surface area (TPSA) is 95.6 Å². The lowest BCUT2D eigenvalue weighted by atomic mass is 10.1. The highest BCUT2D eigenvalue weighted by atomic mass is 19.1. The van der Waals surface area contributed by atoms with Crippen molar-refractivity contribution < 1.29 is 4.39 Å². The lowest BCUT2D eigenvalue weighted by molar-refractivity contribution is 0.606. The molecule has 0 aliphatic carbocycles. The maximum Gasteiger partial charge on any atom is 0.187 e. The van der Waals surface area contributed by atoms with Crippen molar-refractivity contribution in [3.63, 3.8) is 0 Å². The second-order valence-corrected chi connectivity index (χ2v) is 4.71. The van der Waals surface area contributed by atoms with Crippen LogP contribution in [-0.2, 0) is 0 Å². The number of nitrogen functional groups attached to an aromatic ring is 2. The number of benzene rings is 2. The minimum Gasteiger partial charge on any atom is -0.399 e. The summed E-state index contributed by atoms with van der Waals surface area (Å²) >= 11 is 0. The molecule has 0 spiro atoms. The van der Waals surface area contributed by atoms with Crippen LogP contribution in [-0.4, -0.2) is 20.2 Å². The Kier molecular flexibility index (Phi) is 3.02. The molecule has 106 valence electrons. The summed E-state index contributed by atoms with van der Waals surface area (Å²) in [4.78, 5) is 0. The van der Waals surface area contributed by atoms with Gasteiger partial charge < -0.3 is 11.5 Å². The number of rotatable bonds is 2. The van der Waals surface area contributed by atoms with E-state index < -0.39 is 5.82 Å². The van der Waals surface area contributed by atoms with Gasteiger partial charge in [-0.25, -0.2) is 4.39 Å². The Morgan fingerprint density at radius 1 is 1.10 bits per heavy atom. The Morgan fingerprint density at radius 3 is 2.48 bits per heavy atom. The number of aryl methyl sites for hydroxylation is 1. The minimum atomic E-state index is -0.402. The fourth-order valence-electron chi connectivity index (χ4n) is 2.21. The molecule has 0 saturated carbocycles. The van der Waals surface area contributed by atoms with Crippen LogP contribution in [0, 0.1) is 12.7 Å². The number of nitrogens with zero attached hydrogens (tertiary/aromatic N) is 4. The monoisotopic (exact) mass is 284 g/mol. The third-order valence-electron chi connectivity index (χ3n) is 3.11. The van der Waals surface area contributed by atoms with E-state index in [1.807, 2.05) is 0 Å². The summed E-state index contributed by atoms with van der Waals surface area (Å²) in [5, 5.41) is 11.5. The zero-order valence-corrected chi connectivity index (χ0v) is 11.3. The van der Waals surface area contributed by atoms with Crippen LogP contribution in [0.5, 0.6) is 0 Å². The van der Waals surface area contributed by atoms with E-state index >= 15 is 0 Å². The average molecular weight is 284 g/mol. The molecule has 0 saturated heterocycles. The number of aromatic nitrogens is 4. The van der Waals surface area contributed by atoms with E-state index in [4.69, 9.17) is 11.5 Å². The fourth-order valence-corrected chi connectivity index (χ4v) is 2.21. The van der Waals surface area contributed by atoms with Crippen molar-refractivity contribution in [2.24, 2.45) is 0 Å². The van der Waals surface area contributed by atoms with Gasteiger partial charge in [0, 0.05) is 16.9 Å². The molecule has 1 aromatic heterocycles. The summed E-state index contributed by atoms with van der Waals surface area (Å²) in [5.41, 5.74) is 14.2. The van der Waals surface area contributed by atoms with E-state index in [0.29, 0.717) is 28.5 Å². The van der Waals surface area contributed by atoms with Gasteiger partial charge in [-0.1, -0.05) is 12.1 Å². The molecular weight excluding hydrogens is 271 g/mol. The SMILES string of the molecule is Cc1cccc(F)c1-n1nnnc1-c1cc(N)cc(N)c1. The van der Waals surface area contributed by atoms with Gasteiger partial charge in [0.15, 0.2) is 5.82 Å². The van der Waals surface area contributed by atoms with Crippen LogP contribution in [0.25, 0.3) is 17.1 Å². The normalized spacial score (nSPS) is 10.8. The molecule has 0 unspecified atom stereocenters.